The summed E-state index contributed by atoms with van der Waals surface area (Å²) in [5.74, 6) is 1.98. The number of aryl methyl sites for hydroxylation is 1. The molecule has 4 aromatic rings. The van der Waals surface area contributed by atoms with E-state index in [2.05, 4.69) is 90.9 Å². The number of anilines is 2. The Labute approximate surface area is 344 Å². The Morgan fingerprint density at radius 2 is 1.58 bits per heavy atom. The van der Waals surface area contributed by atoms with Crippen molar-refractivity contribution in [1.82, 2.24) is 0 Å². The average molecular weight is 1050 g/mol. The van der Waals surface area contributed by atoms with Gasteiger partial charge in [-0.1, -0.05) is 12.1 Å². The van der Waals surface area contributed by atoms with Crippen molar-refractivity contribution in [1.29, 1.82) is 0 Å². The minimum absolute atomic E-state index is 0.00569. The zero-order chi connectivity index (χ0) is 36.6. The fourth-order valence-electron chi connectivity index (χ4n) is 7.47. The van der Waals surface area contributed by atoms with E-state index in [0.29, 0.717) is 5.58 Å². The van der Waals surface area contributed by atoms with Crippen molar-refractivity contribution in [3.63, 3.8) is 0 Å². The quantitative estimate of drug-likeness (QED) is 0.0630. The van der Waals surface area contributed by atoms with E-state index in [1.54, 1.807) is 0 Å². The van der Waals surface area contributed by atoms with Crippen LogP contribution in [0.3, 0.4) is 0 Å². The van der Waals surface area contributed by atoms with Gasteiger partial charge in [0, 0.05) is 0 Å². The van der Waals surface area contributed by atoms with Crippen molar-refractivity contribution in [3.05, 3.63) is 112 Å². The first-order valence-corrected chi connectivity index (χ1v) is 25.6. The molecule has 1 atom stereocenters. The van der Waals surface area contributed by atoms with E-state index < -0.39 is 21.0 Å². The van der Waals surface area contributed by atoms with E-state index in [4.69, 9.17) is 13.9 Å². The topological polar surface area (TPSA) is 55.1 Å². The van der Waals surface area contributed by atoms with E-state index in [1.807, 2.05) is 30.3 Å². The molecule has 0 spiro atoms. The molecule has 0 N–H and O–H groups in total. The molecule has 5 heterocycles. The van der Waals surface area contributed by atoms with E-state index >= 15 is 0 Å². The molecule has 0 fully saturated rings. The standard InChI is InChI=1S/C42H49I3N4O4/c1-48(2,43-22-10-14-31-29-30-13-5-7-17-35(30)53-42(31)50)27-11-23-44-49(3,4)28-12-24-46-25-20-32-39-34(46)16-9-19-37(39)51-38-21-26-47-33-15-6-8-18-36(33)52-41(45-47)40(32)38/h5-9,13,15-20,25,29,38H,10-12,14,21-24,26-28H2,1-4H3. The number of hydrogen-bond acceptors (Lipinski definition) is 6. The van der Waals surface area contributed by atoms with Crippen LogP contribution in [0.5, 0.6) is 11.5 Å². The summed E-state index contributed by atoms with van der Waals surface area (Å²) >= 11 is -0.385. The van der Waals surface area contributed by atoms with Crippen LogP contribution in [0.25, 0.3) is 16.5 Å². The number of rotatable bonds is 14. The number of para-hydroxylation sites is 3. The number of ether oxygens (including phenoxy) is 2. The van der Waals surface area contributed by atoms with Gasteiger partial charge in [-0.05, 0) is 12.1 Å². The van der Waals surface area contributed by atoms with E-state index in [0.717, 1.165) is 70.3 Å². The van der Waals surface area contributed by atoms with Gasteiger partial charge < -0.3 is 0 Å². The summed E-state index contributed by atoms with van der Waals surface area (Å²) in [7, 11) is 9.69. The third kappa shape index (κ3) is 8.38. The normalized spacial score (nSPS) is 17.7. The molecule has 4 aliphatic heterocycles. The van der Waals surface area contributed by atoms with Gasteiger partial charge in [0.1, 0.15) is 0 Å². The van der Waals surface area contributed by atoms with Crippen molar-refractivity contribution in [3.8, 4) is 11.5 Å². The number of alkyl halides is 2. The molecule has 282 valence electrons. The van der Waals surface area contributed by atoms with Crippen molar-refractivity contribution < 1.29 is 62.2 Å². The van der Waals surface area contributed by atoms with Crippen LogP contribution in [0.1, 0.15) is 36.8 Å². The molecule has 0 radical (unpaired) electrons. The van der Waals surface area contributed by atoms with Gasteiger partial charge in [-0.15, -0.1) is 0 Å². The molecule has 1 unspecified atom stereocenters. The zero-order valence-electron chi connectivity index (χ0n) is 31.0. The van der Waals surface area contributed by atoms with Crippen molar-refractivity contribution in [2.24, 2.45) is 0 Å². The second-order valence-corrected chi connectivity index (χ2v) is 26.3. The number of quaternary nitrogens is 2. The number of fused-ring (bicyclic) bond motifs is 6. The maximum absolute atomic E-state index is 12.4. The molecule has 4 aliphatic rings. The molecule has 2 bridgehead atoms. The third-order valence-electron chi connectivity index (χ3n) is 10.2. The molecular formula is C42H49I3N4O4. The summed E-state index contributed by atoms with van der Waals surface area (Å²) in [6.45, 7) is 4.44. The van der Waals surface area contributed by atoms with Gasteiger partial charge in [-0.2, -0.15) is 0 Å². The first kappa shape index (κ1) is 37.5. The predicted octanol–water partition coefficient (Wildman–Crippen LogP) is 1.53. The summed E-state index contributed by atoms with van der Waals surface area (Å²) in [5.41, 5.74) is 7.59. The van der Waals surface area contributed by atoms with Crippen LogP contribution in [-0.4, -0.2) is 78.4 Å². The molecule has 8 nitrogen and oxygen atoms in total. The molecule has 0 saturated heterocycles. The number of halogens is 3. The molecular weight excluding hydrogens is 1010 g/mol. The van der Waals surface area contributed by atoms with Gasteiger partial charge in [-0.25, -0.2) is 0 Å². The SMILES string of the molecule is C[N+](C)(CCC[I-][N+](C)(C)CCCN1C=CC2=C3C4=IN(CCC3Oc3cccc1c32)c1ccccc1O4)[I-]CCCc1cc2ccccc2oc1=O. The van der Waals surface area contributed by atoms with Crippen LogP contribution in [0.2, 0.25) is 0 Å². The Hall–Kier alpha value is -2.47. The molecule has 0 aliphatic carbocycles. The maximum atomic E-state index is 12.4. The fraction of sp³-hybridized carbons (Fsp3) is 0.381. The van der Waals surface area contributed by atoms with Crippen LogP contribution >= 0.6 is 21.0 Å². The molecule has 8 rings (SSSR count). The number of allylic oxidation sites excluding steroid dienone is 2. The molecule has 0 amide bonds. The number of hydrogen-bond donors (Lipinski definition) is 0. The van der Waals surface area contributed by atoms with Crippen molar-refractivity contribution in [2.45, 2.75) is 38.2 Å². The molecule has 3 aromatic carbocycles. The Bertz CT molecular complexity index is 2160. The third-order valence-corrected chi connectivity index (χ3v) is 20.2. The summed E-state index contributed by atoms with van der Waals surface area (Å²) < 4.78 is 27.5. The minimum atomic E-state index is -0.434. The van der Waals surface area contributed by atoms with Crippen LogP contribution in [0.4, 0.5) is 11.4 Å². The monoisotopic (exact) mass is 1050 g/mol. The molecule has 11 heteroatoms. The summed E-state index contributed by atoms with van der Waals surface area (Å²) in [4.78, 5) is 14.9. The Morgan fingerprint density at radius 3 is 2.45 bits per heavy atom. The number of benzene rings is 3. The van der Waals surface area contributed by atoms with Crippen LogP contribution in [0, 0.1) is 0 Å². The van der Waals surface area contributed by atoms with Crippen LogP contribution in [0.15, 0.2) is 99.9 Å². The van der Waals surface area contributed by atoms with Crippen LogP contribution in [-0.2, 0) is 6.42 Å². The van der Waals surface area contributed by atoms with E-state index in [1.165, 1.54) is 56.4 Å². The molecule has 0 saturated carbocycles. The van der Waals surface area contributed by atoms with Gasteiger partial charge in [0.25, 0.3) is 0 Å². The molecule has 1 aromatic heterocycles. The van der Waals surface area contributed by atoms with Gasteiger partial charge >= 0.3 is 318 Å². The summed E-state index contributed by atoms with van der Waals surface area (Å²) in [5, 5.41) is 1.01. The first-order valence-electron chi connectivity index (χ1n) is 18.6. The van der Waals surface area contributed by atoms with Gasteiger partial charge in [0.15, 0.2) is 0 Å². The predicted molar refractivity (Wildman–Crippen MR) is 216 cm³/mol. The number of nitrogens with zero attached hydrogens (tertiary/aromatic N) is 4. The average Bonchev–Trinajstić information content (AvgIpc) is 3.29. The molecule has 53 heavy (non-hydrogen) atoms. The Kier molecular flexibility index (Phi) is 11.3. The first-order chi connectivity index (χ1) is 25.6. The van der Waals surface area contributed by atoms with Gasteiger partial charge in [-0.3, -0.25) is 0 Å². The van der Waals surface area contributed by atoms with Gasteiger partial charge in [0.2, 0.25) is 0 Å². The van der Waals surface area contributed by atoms with Gasteiger partial charge in [0.05, 0.1) is 5.69 Å². The van der Waals surface area contributed by atoms with E-state index in [9.17, 15) is 4.79 Å². The van der Waals surface area contributed by atoms with Crippen LogP contribution < -0.4 is 66.1 Å². The van der Waals surface area contributed by atoms with Crippen molar-refractivity contribution >= 4 is 52.6 Å². The van der Waals surface area contributed by atoms with E-state index in [-0.39, 0.29) is 54.7 Å². The second-order valence-electron chi connectivity index (χ2n) is 14.9. The summed E-state index contributed by atoms with van der Waals surface area (Å²) in [6, 6.07) is 24.8. The second kappa shape index (κ2) is 15.9. The van der Waals surface area contributed by atoms with Crippen molar-refractivity contribution in [2.75, 3.05) is 71.2 Å². The Balaban J connectivity index is 0.814. The fourth-order valence-corrected chi connectivity index (χ4v) is 15.8. The Morgan fingerprint density at radius 1 is 0.849 bits per heavy atom. The summed E-state index contributed by atoms with van der Waals surface area (Å²) in [6.07, 6.45) is 9.95. The zero-order valence-corrected chi connectivity index (χ0v) is 37.5.